The average molecular weight is 247 g/mol. The van der Waals surface area contributed by atoms with Gasteiger partial charge in [0.2, 0.25) is 0 Å². The first-order valence-electron chi connectivity index (χ1n) is 4.86. The second-order valence-corrected chi connectivity index (χ2v) is 5.61. The standard InChI is InChI=1S/C11H12ClFOS/c1-6-4-10(14)7-2-3-9(13)11(12)8(7)5-15-6/h2-3,6,10,14H,4-5H2,1H3/t6?,10-/m0/s1. The molecule has 1 unspecified atom stereocenters. The van der Waals surface area contributed by atoms with Crippen molar-refractivity contribution in [3.05, 3.63) is 34.1 Å². The van der Waals surface area contributed by atoms with E-state index in [0.29, 0.717) is 17.4 Å². The summed E-state index contributed by atoms with van der Waals surface area (Å²) in [6.45, 7) is 2.06. The van der Waals surface area contributed by atoms with Crippen LogP contribution in [0.15, 0.2) is 12.1 Å². The molecule has 0 aliphatic carbocycles. The lowest BCUT2D eigenvalue weighted by Gasteiger charge is -2.13. The van der Waals surface area contributed by atoms with Gasteiger partial charge in [-0.3, -0.25) is 0 Å². The molecule has 1 nitrogen and oxygen atoms in total. The van der Waals surface area contributed by atoms with E-state index in [-0.39, 0.29) is 5.02 Å². The Bertz CT molecular complexity index is 383. The fraction of sp³-hybridized carbons (Fsp3) is 0.455. The maximum Gasteiger partial charge on any atom is 0.142 e. The van der Waals surface area contributed by atoms with Crippen LogP contribution in [0, 0.1) is 5.82 Å². The predicted octanol–water partition coefficient (Wildman–Crippen LogP) is 3.54. The van der Waals surface area contributed by atoms with Crippen LogP contribution in [0.4, 0.5) is 4.39 Å². The number of hydrogen-bond acceptors (Lipinski definition) is 2. The van der Waals surface area contributed by atoms with Gasteiger partial charge < -0.3 is 5.11 Å². The van der Waals surface area contributed by atoms with Gasteiger partial charge in [0.15, 0.2) is 0 Å². The fourth-order valence-electron chi connectivity index (χ4n) is 1.80. The van der Waals surface area contributed by atoms with Gasteiger partial charge in [0.05, 0.1) is 11.1 Å². The van der Waals surface area contributed by atoms with Gasteiger partial charge in [-0.15, -0.1) is 0 Å². The van der Waals surface area contributed by atoms with Crippen molar-refractivity contribution in [2.75, 3.05) is 0 Å². The Balaban J connectivity index is 2.48. The molecule has 0 radical (unpaired) electrons. The number of halogens is 2. The molecule has 15 heavy (non-hydrogen) atoms. The van der Waals surface area contributed by atoms with Crippen molar-refractivity contribution in [1.82, 2.24) is 0 Å². The molecule has 0 spiro atoms. The Morgan fingerprint density at radius 1 is 1.53 bits per heavy atom. The van der Waals surface area contributed by atoms with Gasteiger partial charge in [0.1, 0.15) is 5.82 Å². The molecule has 0 aromatic heterocycles. The molecule has 1 aliphatic heterocycles. The van der Waals surface area contributed by atoms with Crippen LogP contribution in [0.2, 0.25) is 5.02 Å². The molecule has 1 aliphatic rings. The van der Waals surface area contributed by atoms with E-state index >= 15 is 0 Å². The topological polar surface area (TPSA) is 20.2 Å². The molecule has 1 heterocycles. The Kier molecular flexibility index (Phi) is 3.24. The van der Waals surface area contributed by atoms with Gasteiger partial charge >= 0.3 is 0 Å². The molecule has 0 fully saturated rings. The summed E-state index contributed by atoms with van der Waals surface area (Å²) in [6, 6.07) is 2.96. The summed E-state index contributed by atoms with van der Waals surface area (Å²) in [4.78, 5) is 0. The molecule has 1 aromatic rings. The predicted molar refractivity (Wildman–Crippen MR) is 61.7 cm³/mol. The van der Waals surface area contributed by atoms with Crippen LogP contribution in [-0.2, 0) is 5.75 Å². The number of aliphatic hydroxyl groups excluding tert-OH is 1. The lowest BCUT2D eigenvalue weighted by molar-refractivity contribution is 0.168. The third kappa shape index (κ3) is 2.14. The minimum atomic E-state index is -0.525. The number of fused-ring (bicyclic) bond motifs is 1. The van der Waals surface area contributed by atoms with Crippen molar-refractivity contribution >= 4 is 23.4 Å². The molecule has 82 valence electrons. The van der Waals surface area contributed by atoms with E-state index in [1.807, 2.05) is 0 Å². The van der Waals surface area contributed by atoms with Gasteiger partial charge in [-0.1, -0.05) is 24.6 Å². The van der Waals surface area contributed by atoms with E-state index in [1.165, 1.54) is 6.07 Å². The first-order valence-corrected chi connectivity index (χ1v) is 6.28. The fourth-order valence-corrected chi connectivity index (χ4v) is 3.20. The molecular weight excluding hydrogens is 235 g/mol. The van der Waals surface area contributed by atoms with Gasteiger partial charge in [-0.2, -0.15) is 11.8 Å². The van der Waals surface area contributed by atoms with Gasteiger partial charge in [-0.05, 0) is 23.6 Å². The largest absolute Gasteiger partial charge is 0.388 e. The summed E-state index contributed by atoms with van der Waals surface area (Å²) in [5.74, 6) is 0.266. The molecule has 4 heteroatoms. The van der Waals surface area contributed by atoms with Crippen molar-refractivity contribution in [1.29, 1.82) is 0 Å². The average Bonchev–Trinajstić information content (AvgIpc) is 2.32. The summed E-state index contributed by atoms with van der Waals surface area (Å²) in [6.07, 6.45) is 0.169. The molecule has 1 N–H and O–H groups in total. The molecule has 2 rings (SSSR count). The second-order valence-electron chi connectivity index (χ2n) is 3.80. The van der Waals surface area contributed by atoms with Crippen molar-refractivity contribution in [2.45, 2.75) is 30.5 Å². The molecule has 0 saturated carbocycles. The molecule has 0 saturated heterocycles. The van der Waals surface area contributed by atoms with E-state index in [0.717, 1.165) is 11.1 Å². The third-order valence-corrected chi connectivity index (χ3v) is 4.28. The number of benzene rings is 1. The normalized spacial score (nSPS) is 25.9. The SMILES string of the molecule is CC1C[C@H](O)c2ccc(F)c(Cl)c2CS1. The maximum absolute atomic E-state index is 13.2. The van der Waals surface area contributed by atoms with Crippen LogP contribution >= 0.6 is 23.4 Å². The Labute approximate surface area is 97.6 Å². The van der Waals surface area contributed by atoms with E-state index in [4.69, 9.17) is 11.6 Å². The molecule has 0 bridgehead atoms. The maximum atomic E-state index is 13.2. The first-order chi connectivity index (χ1) is 7.09. The summed E-state index contributed by atoms with van der Waals surface area (Å²) in [5, 5.41) is 10.5. The molecule has 1 aromatic carbocycles. The third-order valence-electron chi connectivity index (χ3n) is 2.66. The summed E-state index contributed by atoms with van der Waals surface area (Å²) < 4.78 is 13.2. The molecule has 0 amide bonds. The van der Waals surface area contributed by atoms with E-state index in [9.17, 15) is 9.50 Å². The Hall–Kier alpha value is -0.250. The highest BCUT2D eigenvalue weighted by Crippen LogP contribution is 2.38. The number of aliphatic hydroxyl groups is 1. The van der Waals surface area contributed by atoms with Crippen LogP contribution in [0.5, 0.6) is 0 Å². The van der Waals surface area contributed by atoms with E-state index in [2.05, 4.69) is 6.92 Å². The molecule has 2 atom stereocenters. The summed E-state index contributed by atoms with van der Waals surface area (Å²) in [7, 11) is 0. The van der Waals surface area contributed by atoms with Crippen LogP contribution in [0.3, 0.4) is 0 Å². The van der Waals surface area contributed by atoms with Crippen LogP contribution in [0.25, 0.3) is 0 Å². The number of thioether (sulfide) groups is 1. The van der Waals surface area contributed by atoms with Crippen LogP contribution < -0.4 is 0 Å². The zero-order chi connectivity index (χ0) is 11.0. The van der Waals surface area contributed by atoms with Crippen molar-refractivity contribution in [3.63, 3.8) is 0 Å². The summed E-state index contributed by atoms with van der Waals surface area (Å²) >= 11 is 7.59. The van der Waals surface area contributed by atoms with E-state index < -0.39 is 11.9 Å². The number of rotatable bonds is 0. The van der Waals surface area contributed by atoms with Crippen molar-refractivity contribution in [3.8, 4) is 0 Å². The van der Waals surface area contributed by atoms with Gasteiger partial charge in [0, 0.05) is 11.0 Å². The minimum Gasteiger partial charge on any atom is -0.388 e. The zero-order valence-corrected chi connectivity index (χ0v) is 9.91. The summed E-state index contributed by atoms with van der Waals surface area (Å²) in [5.41, 5.74) is 1.52. The van der Waals surface area contributed by atoms with Crippen LogP contribution in [-0.4, -0.2) is 10.4 Å². The Morgan fingerprint density at radius 2 is 2.27 bits per heavy atom. The van der Waals surface area contributed by atoms with Crippen molar-refractivity contribution in [2.24, 2.45) is 0 Å². The van der Waals surface area contributed by atoms with Gasteiger partial charge in [-0.25, -0.2) is 4.39 Å². The monoisotopic (exact) mass is 246 g/mol. The lowest BCUT2D eigenvalue weighted by Crippen LogP contribution is -2.04. The molecular formula is C11H12ClFOS. The highest BCUT2D eigenvalue weighted by atomic mass is 35.5. The van der Waals surface area contributed by atoms with Crippen molar-refractivity contribution < 1.29 is 9.50 Å². The minimum absolute atomic E-state index is 0.160. The second kappa shape index (κ2) is 4.32. The first kappa shape index (κ1) is 11.2. The smallest absolute Gasteiger partial charge is 0.142 e. The quantitative estimate of drug-likeness (QED) is 0.756. The lowest BCUT2D eigenvalue weighted by atomic mass is 10.00. The Morgan fingerprint density at radius 3 is 3.00 bits per heavy atom. The van der Waals surface area contributed by atoms with E-state index in [1.54, 1.807) is 17.8 Å². The highest BCUT2D eigenvalue weighted by Gasteiger charge is 2.23. The van der Waals surface area contributed by atoms with Crippen LogP contribution in [0.1, 0.15) is 30.6 Å². The number of hydrogen-bond donors (Lipinski definition) is 1. The zero-order valence-electron chi connectivity index (χ0n) is 8.34. The highest BCUT2D eigenvalue weighted by molar-refractivity contribution is 7.99. The van der Waals surface area contributed by atoms with Gasteiger partial charge in [0.25, 0.3) is 0 Å².